The summed E-state index contributed by atoms with van der Waals surface area (Å²) in [6.07, 6.45) is -1.24. The monoisotopic (exact) mass is 454 g/mol. The summed E-state index contributed by atoms with van der Waals surface area (Å²) in [6.45, 7) is 2.50. The van der Waals surface area contributed by atoms with E-state index in [0.717, 1.165) is 12.1 Å². The Kier molecular flexibility index (Phi) is 6.98. The molecule has 1 fully saturated rings. The van der Waals surface area contributed by atoms with E-state index in [2.05, 4.69) is 5.32 Å². The third-order valence-corrected chi connectivity index (χ3v) is 6.45. The van der Waals surface area contributed by atoms with E-state index in [1.165, 1.54) is 35.5 Å². The number of anilines is 1. The first-order chi connectivity index (χ1) is 14.7. The number of amides is 1. The Labute approximate surface area is 177 Å². The number of nitrogens with one attached hydrogen (secondary N) is 1. The minimum atomic E-state index is -3.66. The number of carbonyl (C=O) groups is 2. The summed E-state index contributed by atoms with van der Waals surface area (Å²) in [7, 11) is -3.66. The average molecular weight is 454 g/mol. The molecule has 1 aliphatic rings. The van der Waals surface area contributed by atoms with Crippen LogP contribution in [0, 0.1) is 11.6 Å². The van der Waals surface area contributed by atoms with Crippen LogP contribution < -0.4 is 5.32 Å². The molecule has 8 nitrogen and oxygen atoms in total. The lowest BCUT2D eigenvalue weighted by Gasteiger charge is -2.26. The van der Waals surface area contributed by atoms with Crippen LogP contribution in [0.15, 0.2) is 47.4 Å². The van der Waals surface area contributed by atoms with Gasteiger partial charge in [-0.15, -0.1) is 0 Å². The van der Waals surface area contributed by atoms with E-state index in [-0.39, 0.29) is 23.5 Å². The fraction of sp³-hybridized carbons (Fsp3) is 0.300. The van der Waals surface area contributed by atoms with E-state index in [1.54, 1.807) is 0 Å². The molecule has 11 heteroatoms. The van der Waals surface area contributed by atoms with Crippen LogP contribution in [0.2, 0.25) is 0 Å². The third-order valence-electron chi connectivity index (χ3n) is 4.54. The topological polar surface area (TPSA) is 102 Å². The van der Waals surface area contributed by atoms with Crippen LogP contribution in [0.3, 0.4) is 0 Å². The number of sulfonamides is 1. The first-order valence-corrected chi connectivity index (χ1v) is 10.8. The van der Waals surface area contributed by atoms with Crippen molar-refractivity contribution in [2.75, 3.05) is 31.6 Å². The highest BCUT2D eigenvalue weighted by molar-refractivity contribution is 7.89. The van der Waals surface area contributed by atoms with Crippen LogP contribution in [0.25, 0.3) is 0 Å². The zero-order valence-corrected chi connectivity index (χ0v) is 17.3. The Morgan fingerprint density at radius 1 is 1.06 bits per heavy atom. The lowest BCUT2D eigenvalue weighted by molar-refractivity contribution is -0.123. The Morgan fingerprint density at radius 2 is 1.71 bits per heavy atom. The molecule has 0 radical (unpaired) electrons. The van der Waals surface area contributed by atoms with Crippen molar-refractivity contribution in [2.24, 2.45) is 0 Å². The number of benzene rings is 2. The van der Waals surface area contributed by atoms with Gasteiger partial charge in [-0.05, 0) is 49.4 Å². The van der Waals surface area contributed by atoms with Crippen molar-refractivity contribution in [3.63, 3.8) is 0 Å². The molecule has 1 amide bonds. The molecule has 3 rings (SSSR count). The normalized spacial score (nSPS) is 15.8. The molecule has 0 aromatic heterocycles. The standard InChI is InChI=1S/C20H20F2N2O6S/c1-13(30-20(26)14-2-7-17(21)18(22)12-14)19(25)23-15-3-5-16(6-4-15)31(27,28)24-8-10-29-11-9-24/h2-7,12-13H,8-11H2,1H3,(H,23,25). The van der Waals surface area contributed by atoms with Gasteiger partial charge in [0.1, 0.15) is 0 Å². The summed E-state index contributed by atoms with van der Waals surface area (Å²) in [5.41, 5.74) is 0.0536. The minimum Gasteiger partial charge on any atom is -0.449 e. The van der Waals surface area contributed by atoms with E-state index in [4.69, 9.17) is 9.47 Å². The molecule has 1 atom stereocenters. The van der Waals surface area contributed by atoms with Gasteiger partial charge in [0.2, 0.25) is 10.0 Å². The predicted molar refractivity (Wildman–Crippen MR) is 106 cm³/mol. The second-order valence-corrected chi connectivity index (χ2v) is 8.64. The molecule has 2 aromatic carbocycles. The lowest BCUT2D eigenvalue weighted by atomic mass is 10.2. The molecule has 2 aromatic rings. The first-order valence-electron chi connectivity index (χ1n) is 9.33. The number of ether oxygens (including phenoxy) is 2. The summed E-state index contributed by atoms with van der Waals surface area (Å²) < 4.78 is 62.9. The molecule has 166 valence electrons. The number of hydrogen-bond donors (Lipinski definition) is 1. The van der Waals surface area contributed by atoms with Gasteiger partial charge in [-0.25, -0.2) is 22.0 Å². The van der Waals surface area contributed by atoms with Crippen LogP contribution in [-0.2, 0) is 24.3 Å². The van der Waals surface area contributed by atoms with Crippen LogP contribution in [0.1, 0.15) is 17.3 Å². The number of nitrogens with zero attached hydrogens (tertiary/aromatic N) is 1. The van der Waals surface area contributed by atoms with Gasteiger partial charge in [-0.3, -0.25) is 4.79 Å². The van der Waals surface area contributed by atoms with Crippen molar-refractivity contribution in [1.29, 1.82) is 0 Å². The highest BCUT2D eigenvalue weighted by Crippen LogP contribution is 2.20. The van der Waals surface area contributed by atoms with Gasteiger partial charge < -0.3 is 14.8 Å². The lowest BCUT2D eigenvalue weighted by Crippen LogP contribution is -2.40. The summed E-state index contributed by atoms with van der Waals surface area (Å²) in [5, 5.41) is 2.50. The maximum absolute atomic E-state index is 13.2. The third kappa shape index (κ3) is 5.43. The summed E-state index contributed by atoms with van der Waals surface area (Å²) >= 11 is 0. The zero-order chi connectivity index (χ0) is 22.6. The molecule has 0 spiro atoms. The fourth-order valence-corrected chi connectivity index (χ4v) is 4.20. The molecular weight excluding hydrogens is 434 g/mol. The van der Waals surface area contributed by atoms with Gasteiger partial charge in [0.05, 0.1) is 23.7 Å². The number of esters is 1. The Bertz CT molecular complexity index is 1070. The maximum atomic E-state index is 13.2. The van der Waals surface area contributed by atoms with Gasteiger partial charge in [0.25, 0.3) is 5.91 Å². The summed E-state index contributed by atoms with van der Waals surface area (Å²) in [4.78, 5) is 24.4. The minimum absolute atomic E-state index is 0.0743. The first kappa shape index (κ1) is 22.8. The molecule has 0 aliphatic carbocycles. The number of halogens is 2. The smallest absolute Gasteiger partial charge is 0.339 e. The quantitative estimate of drug-likeness (QED) is 0.672. The van der Waals surface area contributed by atoms with Crippen molar-refractivity contribution in [3.05, 3.63) is 59.7 Å². The van der Waals surface area contributed by atoms with Crippen LogP contribution in [0.4, 0.5) is 14.5 Å². The molecule has 1 N–H and O–H groups in total. The van der Waals surface area contributed by atoms with Gasteiger partial charge in [-0.1, -0.05) is 0 Å². The Morgan fingerprint density at radius 3 is 2.32 bits per heavy atom. The number of morpholine rings is 1. The molecule has 0 bridgehead atoms. The summed E-state index contributed by atoms with van der Waals surface area (Å²) in [5.74, 6) is -3.99. The fourth-order valence-electron chi connectivity index (χ4n) is 2.80. The number of carbonyl (C=O) groups excluding carboxylic acids is 2. The SMILES string of the molecule is CC(OC(=O)c1ccc(F)c(F)c1)C(=O)Nc1ccc(S(=O)(=O)N2CCOCC2)cc1. The van der Waals surface area contributed by atoms with Crippen molar-refractivity contribution in [1.82, 2.24) is 4.31 Å². The predicted octanol–water partition coefficient (Wildman–Crippen LogP) is 2.17. The highest BCUT2D eigenvalue weighted by Gasteiger charge is 2.26. The van der Waals surface area contributed by atoms with Gasteiger partial charge in [0, 0.05) is 18.8 Å². The van der Waals surface area contributed by atoms with Gasteiger partial charge in [-0.2, -0.15) is 4.31 Å². The van der Waals surface area contributed by atoms with E-state index < -0.39 is 39.6 Å². The Hall–Kier alpha value is -2.89. The zero-order valence-electron chi connectivity index (χ0n) is 16.5. The molecule has 1 saturated heterocycles. The Balaban J connectivity index is 1.60. The summed E-state index contributed by atoms with van der Waals surface area (Å²) in [6, 6.07) is 8.04. The molecule has 31 heavy (non-hydrogen) atoms. The van der Waals surface area contributed by atoms with E-state index >= 15 is 0 Å². The molecule has 0 saturated carbocycles. The molecular formula is C20H20F2N2O6S. The van der Waals surface area contributed by atoms with Crippen LogP contribution in [-0.4, -0.2) is 57.0 Å². The van der Waals surface area contributed by atoms with Gasteiger partial charge in [0.15, 0.2) is 17.7 Å². The van der Waals surface area contributed by atoms with E-state index in [1.807, 2.05) is 0 Å². The molecule has 1 unspecified atom stereocenters. The largest absolute Gasteiger partial charge is 0.449 e. The van der Waals surface area contributed by atoms with Crippen LogP contribution >= 0.6 is 0 Å². The van der Waals surface area contributed by atoms with Crippen molar-refractivity contribution < 1.29 is 36.3 Å². The highest BCUT2D eigenvalue weighted by atomic mass is 32.2. The average Bonchev–Trinajstić information content (AvgIpc) is 2.76. The molecule has 1 heterocycles. The van der Waals surface area contributed by atoms with Crippen molar-refractivity contribution in [2.45, 2.75) is 17.9 Å². The number of rotatable bonds is 6. The maximum Gasteiger partial charge on any atom is 0.339 e. The number of hydrogen-bond acceptors (Lipinski definition) is 6. The molecule has 1 aliphatic heterocycles. The van der Waals surface area contributed by atoms with E-state index in [0.29, 0.717) is 25.0 Å². The second-order valence-electron chi connectivity index (χ2n) is 6.71. The second kappa shape index (κ2) is 9.50. The van der Waals surface area contributed by atoms with E-state index in [9.17, 15) is 26.8 Å². The van der Waals surface area contributed by atoms with Crippen molar-refractivity contribution in [3.8, 4) is 0 Å². The van der Waals surface area contributed by atoms with Crippen molar-refractivity contribution >= 4 is 27.6 Å². The van der Waals surface area contributed by atoms with Gasteiger partial charge >= 0.3 is 5.97 Å². The van der Waals surface area contributed by atoms with Crippen LogP contribution in [0.5, 0.6) is 0 Å².